The van der Waals surface area contributed by atoms with Gasteiger partial charge in [-0.25, -0.2) is 0 Å². The van der Waals surface area contributed by atoms with Crippen molar-refractivity contribution in [1.82, 2.24) is 0 Å². The molecule has 9 atom stereocenters. The van der Waals surface area contributed by atoms with Crippen LogP contribution in [0.2, 0.25) is 0 Å². The summed E-state index contributed by atoms with van der Waals surface area (Å²) < 4.78 is 0. The number of carbonyl (C=O) groups is 1. The first-order valence-corrected chi connectivity index (χ1v) is 11.5. The first kappa shape index (κ1) is 19.0. The Morgan fingerprint density at radius 1 is 1.08 bits per heavy atom. The SMILES string of the molecule is CCC[C@@H](C)[C@H]1CCC2C3C(=O)CC4C[C@H](O)CC[C@]4(C)C3CC[C@@]21C. The molecule has 0 amide bonds. The van der Waals surface area contributed by atoms with Gasteiger partial charge in [0.25, 0.3) is 0 Å². The van der Waals surface area contributed by atoms with E-state index in [1.54, 1.807) is 0 Å². The largest absolute Gasteiger partial charge is 0.393 e. The second-order valence-corrected chi connectivity index (χ2v) is 11.0. The summed E-state index contributed by atoms with van der Waals surface area (Å²) in [7, 11) is 0. The highest BCUT2D eigenvalue weighted by Gasteiger charge is 2.62. The zero-order valence-corrected chi connectivity index (χ0v) is 17.5. The predicted octanol–water partition coefficient (Wildman–Crippen LogP) is 5.62. The molecule has 2 nitrogen and oxygen atoms in total. The summed E-state index contributed by atoms with van der Waals surface area (Å²) in [6, 6.07) is 0. The van der Waals surface area contributed by atoms with E-state index < -0.39 is 0 Å². The van der Waals surface area contributed by atoms with Crippen LogP contribution < -0.4 is 0 Å². The van der Waals surface area contributed by atoms with Crippen LogP contribution in [0.25, 0.3) is 0 Å². The first-order valence-electron chi connectivity index (χ1n) is 11.5. The summed E-state index contributed by atoms with van der Waals surface area (Å²) in [5.74, 6) is 4.15. The number of ketones is 1. The molecule has 0 bridgehead atoms. The number of hydrogen-bond donors (Lipinski definition) is 1. The molecule has 4 fully saturated rings. The highest BCUT2D eigenvalue weighted by molar-refractivity contribution is 5.83. The van der Waals surface area contributed by atoms with Crippen molar-refractivity contribution in [3.05, 3.63) is 0 Å². The van der Waals surface area contributed by atoms with Gasteiger partial charge in [0.1, 0.15) is 5.78 Å². The fourth-order valence-electron chi connectivity index (χ4n) is 8.54. The van der Waals surface area contributed by atoms with Crippen molar-refractivity contribution in [2.24, 2.45) is 46.3 Å². The van der Waals surface area contributed by atoms with Crippen LogP contribution >= 0.6 is 0 Å². The molecule has 4 aliphatic rings. The molecule has 26 heavy (non-hydrogen) atoms. The summed E-state index contributed by atoms with van der Waals surface area (Å²) in [6.45, 7) is 9.80. The van der Waals surface area contributed by atoms with E-state index in [2.05, 4.69) is 27.7 Å². The van der Waals surface area contributed by atoms with Crippen LogP contribution in [-0.4, -0.2) is 17.0 Å². The van der Waals surface area contributed by atoms with E-state index in [1.807, 2.05) is 0 Å². The van der Waals surface area contributed by atoms with Crippen molar-refractivity contribution in [3.63, 3.8) is 0 Å². The minimum Gasteiger partial charge on any atom is -0.393 e. The number of Topliss-reactive ketones (excluding diaryl/α,β-unsaturated/α-hetero) is 1. The topological polar surface area (TPSA) is 37.3 Å². The van der Waals surface area contributed by atoms with Gasteiger partial charge in [0.2, 0.25) is 0 Å². The average molecular weight is 361 g/mol. The van der Waals surface area contributed by atoms with Crippen molar-refractivity contribution in [2.45, 2.75) is 98.0 Å². The lowest BCUT2D eigenvalue weighted by molar-refractivity contribution is -0.160. The number of carbonyl (C=O) groups excluding carboxylic acids is 1. The zero-order chi connectivity index (χ0) is 18.7. The molecule has 4 unspecified atom stereocenters. The minimum atomic E-state index is -0.169. The molecule has 0 aromatic carbocycles. The fraction of sp³-hybridized carbons (Fsp3) is 0.958. The molecular weight excluding hydrogens is 320 g/mol. The van der Waals surface area contributed by atoms with E-state index >= 15 is 0 Å². The molecular formula is C24H40O2. The lowest BCUT2D eigenvalue weighted by Crippen LogP contribution is -2.57. The lowest BCUT2D eigenvalue weighted by atomic mass is 9.44. The number of fused-ring (bicyclic) bond motifs is 5. The molecule has 4 aliphatic carbocycles. The monoisotopic (exact) mass is 360 g/mol. The van der Waals surface area contributed by atoms with E-state index in [4.69, 9.17) is 0 Å². The van der Waals surface area contributed by atoms with Gasteiger partial charge < -0.3 is 5.11 Å². The maximum Gasteiger partial charge on any atom is 0.136 e. The smallest absolute Gasteiger partial charge is 0.136 e. The first-order chi connectivity index (χ1) is 12.3. The van der Waals surface area contributed by atoms with Crippen molar-refractivity contribution >= 4 is 5.78 Å². The summed E-state index contributed by atoms with van der Waals surface area (Å²) in [4.78, 5) is 13.3. The van der Waals surface area contributed by atoms with E-state index in [1.165, 1.54) is 38.5 Å². The molecule has 4 rings (SSSR count). The highest BCUT2D eigenvalue weighted by atomic mass is 16.3. The van der Waals surface area contributed by atoms with Crippen molar-refractivity contribution < 1.29 is 9.90 Å². The van der Waals surface area contributed by atoms with Gasteiger partial charge in [0, 0.05) is 12.3 Å². The number of aliphatic hydroxyl groups is 1. The van der Waals surface area contributed by atoms with Gasteiger partial charge in [0.15, 0.2) is 0 Å². The Bertz CT molecular complexity index is 556. The maximum atomic E-state index is 13.3. The van der Waals surface area contributed by atoms with Gasteiger partial charge in [-0.2, -0.15) is 0 Å². The van der Waals surface area contributed by atoms with Gasteiger partial charge >= 0.3 is 0 Å². The van der Waals surface area contributed by atoms with E-state index in [0.29, 0.717) is 40.3 Å². The van der Waals surface area contributed by atoms with Crippen LogP contribution in [-0.2, 0) is 4.79 Å². The molecule has 0 spiro atoms. The van der Waals surface area contributed by atoms with Crippen LogP contribution in [0, 0.1) is 46.3 Å². The Balaban J connectivity index is 1.62. The summed E-state index contributed by atoms with van der Waals surface area (Å²) in [5, 5.41) is 10.2. The summed E-state index contributed by atoms with van der Waals surface area (Å²) >= 11 is 0. The van der Waals surface area contributed by atoms with Crippen LogP contribution in [0.4, 0.5) is 0 Å². The normalized spacial score (nSPS) is 52.1. The third kappa shape index (κ3) is 2.65. The van der Waals surface area contributed by atoms with Crippen molar-refractivity contribution in [1.29, 1.82) is 0 Å². The fourth-order valence-corrected chi connectivity index (χ4v) is 8.54. The second-order valence-electron chi connectivity index (χ2n) is 11.0. The van der Waals surface area contributed by atoms with Gasteiger partial charge in [-0.05, 0) is 85.4 Å². The number of rotatable bonds is 3. The molecule has 0 heterocycles. The third-order valence-corrected chi connectivity index (χ3v) is 9.95. The van der Waals surface area contributed by atoms with Gasteiger partial charge in [0.05, 0.1) is 6.10 Å². The lowest BCUT2D eigenvalue weighted by Gasteiger charge is -2.60. The van der Waals surface area contributed by atoms with E-state index in [-0.39, 0.29) is 6.10 Å². The van der Waals surface area contributed by atoms with Crippen molar-refractivity contribution in [2.75, 3.05) is 0 Å². The maximum absolute atomic E-state index is 13.3. The quantitative estimate of drug-likeness (QED) is 0.709. The molecule has 0 aromatic heterocycles. The Morgan fingerprint density at radius 2 is 1.77 bits per heavy atom. The standard InChI is InChI=1S/C24H40O2/c1-5-6-15(2)18-7-8-19-22-20(10-12-24(18,19)4)23(3)11-9-17(25)13-16(23)14-21(22)26/h15-20,22,25H,5-14H2,1-4H3/t15-,16?,17-,18-,19?,20?,22?,23+,24-/m1/s1. The van der Waals surface area contributed by atoms with Gasteiger partial charge in [-0.3, -0.25) is 4.79 Å². The third-order valence-electron chi connectivity index (χ3n) is 9.95. The Morgan fingerprint density at radius 3 is 2.50 bits per heavy atom. The molecule has 2 heteroatoms. The molecule has 0 radical (unpaired) electrons. The van der Waals surface area contributed by atoms with Gasteiger partial charge in [-0.15, -0.1) is 0 Å². The Hall–Kier alpha value is -0.370. The van der Waals surface area contributed by atoms with Crippen LogP contribution in [0.3, 0.4) is 0 Å². The molecule has 0 saturated heterocycles. The highest BCUT2D eigenvalue weighted by Crippen LogP contribution is 2.67. The second kappa shape index (κ2) is 6.61. The van der Waals surface area contributed by atoms with Crippen LogP contribution in [0.1, 0.15) is 91.9 Å². The van der Waals surface area contributed by atoms with Crippen LogP contribution in [0.15, 0.2) is 0 Å². The number of aliphatic hydroxyl groups excluding tert-OH is 1. The zero-order valence-electron chi connectivity index (χ0n) is 17.5. The molecule has 0 aliphatic heterocycles. The van der Waals surface area contributed by atoms with Crippen molar-refractivity contribution in [3.8, 4) is 0 Å². The van der Waals surface area contributed by atoms with E-state index in [9.17, 15) is 9.90 Å². The number of hydrogen-bond acceptors (Lipinski definition) is 2. The minimum absolute atomic E-state index is 0.169. The molecule has 0 aromatic rings. The Kier molecular flexibility index (Phi) is 4.82. The summed E-state index contributed by atoms with van der Waals surface area (Å²) in [6.07, 6.45) is 11.4. The van der Waals surface area contributed by atoms with E-state index in [0.717, 1.165) is 37.5 Å². The molecule has 148 valence electrons. The average Bonchev–Trinajstić information content (AvgIpc) is 2.94. The molecule has 4 saturated carbocycles. The Labute approximate surface area is 160 Å². The summed E-state index contributed by atoms with van der Waals surface area (Å²) in [5.41, 5.74) is 0.690. The predicted molar refractivity (Wildman–Crippen MR) is 106 cm³/mol. The molecule has 1 N–H and O–H groups in total. The van der Waals surface area contributed by atoms with Gasteiger partial charge in [-0.1, -0.05) is 40.5 Å². The van der Waals surface area contributed by atoms with Crippen LogP contribution in [0.5, 0.6) is 0 Å².